The minimum Gasteiger partial charge on any atom is -0.312 e. The van der Waals surface area contributed by atoms with Crippen molar-refractivity contribution in [2.45, 2.75) is 25.4 Å². The van der Waals surface area contributed by atoms with E-state index in [1.54, 1.807) is 4.90 Å². The van der Waals surface area contributed by atoms with Crippen LogP contribution in [0.25, 0.3) is 0 Å². The van der Waals surface area contributed by atoms with Gasteiger partial charge in [0.05, 0.1) is 5.56 Å². The number of hydrogen-bond donors (Lipinski definition) is 0. The van der Waals surface area contributed by atoms with Crippen molar-refractivity contribution in [3.8, 4) is 0 Å². The predicted octanol–water partition coefficient (Wildman–Crippen LogP) is 3.22. The maximum Gasteiger partial charge on any atom is 0.416 e. The molecule has 1 aliphatic heterocycles. The Bertz CT molecular complexity index is 411. The number of amides is 1. The molecule has 1 saturated heterocycles. The molecule has 1 heterocycles. The number of carbonyl (C=O) groups is 1. The molecule has 0 saturated carbocycles. The summed E-state index contributed by atoms with van der Waals surface area (Å²) in [5.74, 6) is -0.0176. The molecule has 2 nitrogen and oxygen atoms in total. The van der Waals surface area contributed by atoms with E-state index in [1.807, 2.05) is 0 Å². The minimum atomic E-state index is -4.33. The third-order valence-electron chi connectivity index (χ3n) is 2.83. The fourth-order valence-electron chi connectivity index (χ4n) is 1.91. The van der Waals surface area contributed by atoms with Gasteiger partial charge in [0.15, 0.2) is 0 Å². The summed E-state index contributed by atoms with van der Waals surface area (Å²) in [7, 11) is 0. The second kappa shape index (κ2) is 4.39. The minimum absolute atomic E-state index is 0.0176. The second-order valence-corrected chi connectivity index (χ2v) is 4.05. The molecular formula is C12H12F3NO. The summed E-state index contributed by atoms with van der Waals surface area (Å²) >= 11 is 0. The fourth-order valence-corrected chi connectivity index (χ4v) is 1.91. The van der Waals surface area contributed by atoms with E-state index in [-0.39, 0.29) is 5.91 Å². The topological polar surface area (TPSA) is 20.3 Å². The molecule has 1 aliphatic rings. The SMILES string of the molecule is O=C1CCCCN1c1ccc(C(F)(F)F)cc1. The predicted molar refractivity (Wildman–Crippen MR) is 57.6 cm³/mol. The highest BCUT2D eigenvalue weighted by atomic mass is 19.4. The van der Waals surface area contributed by atoms with Gasteiger partial charge in [0.1, 0.15) is 0 Å². The molecule has 0 N–H and O–H groups in total. The monoisotopic (exact) mass is 243 g/mol. The molecule has 17 heavy (non-hydrogen) atoms. The Kier molecular flexibility index (Phi) is 3.09. The van der Waals surface area contributed by atoms with E-state index in [0.717, 1.165) is 25.0 Å². The lowest BCUT2D eigenvalue weighted by Gasteiger charge is -2.26. The van der Waals surface area contributed by atoms with Crippen LogP contribution in [0.5, 0.6) is 0 Å². The smallest absolute Gasteiger partial charge is 0.312 e. The van der Waals surface area contributed by atoms with Crippen molar-refractivity contribution in [2.75, 3.05) is 11.4 Å². The molecule has 0 aromatic heterocycles. The number of benzene rings is 1. The van der Waals surface area contributed by atoms with E-state index in [0.29, 0.717) is 18.7 Å². The van der Waals surface area contributed by atoms with Gasteiger partial charge in [-0.2, -0.15) is 13.2 Å². The molecule has 0 aliphatic carbocycles. The van der Waals surface area contributed by atoms with Crippen LogP contribution in [0.2, 0.25) is 0 Å². The molecule has 0 radical (unpaired) electrons. The summed E-state index contributed by atoms with van der Waals surface area (Å²) in [6.07, 6.45) is -2.10. The standard InChI is InChI=1S/C12H12F3NO/c13-12(14,15)9-4-6-10(7-5-9)16-8-2-1-3-11(16)17/h4-7H,1-3,8H2. The molecule has 1 fully saturated rings. The Balaban J connectivity index is 2.20. The van der Waals surface area contributed by atoms with Crippen LogP contribution in [0.4, 0.5) is 18.9 Å². The van der Waals surface area contributed by atoms with Crippen LogP contribution in [-0.2, 0) is 11.0 Å². The highest BCUT2D eigenvalue weighted by molar-refractivity contribution is 5.93. The van der Waals surface area contributed by atoms with Crippen LogP contribution in [0, 0.1) is 0 Å². The molecule has 2 rings (SSSR count). The Labute approximate surface area is 97.0 Å². The maximum absolute atomic E-state index is 12.4. The van der Waals surface area contributed by atoms with E-state index in [4.69, 9.17) is 0 Å². The number of hydrogen-bond acceptors (Lipinski definition) is 1. The van der Waals surface area contributed by atoms with Gasteiger partial charge in [-0.3, -0.25) is 4.79 Å². The van der Waals surface area contributed by atoms with Gasteiger partial charge in [-0.1, -0.05) is 0 Å². The van der Waals surface area contributed by atoms with Crippen LogP contribution in [0.1, 0.15) is 24.8 Å². The zero-order chi connectivity index (χ0) is 12.5. The number of halogens is 3. The third-order valence-corrected chi connectivity index (χ3v) is 2.83. The Morgan fingerprint density at radius 2 is 1.71 bits per heavy atom. The Morgan fingerprint density at radius 1 is 1.06 bits per heavy atom. The van der Waals surface area contributed by atoms with E-state index in [2.05, 4.69) is 0 Å². The van der Waals surface area contributed by atoms with Gasteiger partial charge in [-0.15, -0.1) is 0 Å². The first-order valence-electron chi connectivity index (χ1n) is 5.46. The van der Waals surface area contributed by atoms with Crippen LogP contribution in [0.15, 0.2) is 24.3 Å². The van der Waals surface area contributed by atoms with Gasteiger partial charge in [-0.25, -0.2) is 0 Å². The summed E-state index contributed by atoms with van der Waals surface area (Å²) in [5, 5.41) is 0. The first-order valence-corrected chi connectivity index (χ1v) is 5.46. The van der Waals surface area contributed by atoms with Crippen molar-refractivity contribution < 1.29 is 18.0 Å². The molecule has 0 unspecified atom stereocenters. The molecule has 0 spiro atoms. The maximum atomic E-state index is 12.4. The number of rotatable bonds is 1. The molecule has 1 aromatic rings. The van der Waals surface area contributed by atoms with Gasteiger partial charge >= 0.3 is 6.18 Å². The van der Waals surface area contributed by atoms with Crippen molar-refractivity contribution >= 4 is 11.6 Å². The zero-order valence-corrected chi connectivity index (χ0v) is 9.13. The van der Waals surface area contributed by atoms with Crippen LogP contribution in [0.3, 0.4) is 0 Å². The molecule has 5 heteroatoms. The first-order chi connectivity index (χ1) is 7.98. The van der Waals surface area contributed by atoms with E-state index in [1.165, 1.54) is 12.1 Å². The molecule has 1 aromatic carbocycles. The van der Waals surface area contributed by atoms with Crippen molar-refractivity contribution in [1.82, 2.24) is 0 Å². The average molecular weight is 243 g/mol. The quantitative estimate of drug-likeness (QED) is 0.741. The molecule has 0 bridgehead atoms. The Hall–Kier alpha value is -1.52. The van der Waals surface area contributed by atoms with E-state index >= 15 is 0 Å². The van der Waals surface area contributed by atoms with Crippen molar-refractivity contribution in [1.29, 1.82) is 0 Å². The fraction of sp³-hybridized carbons (Fsp3) is 0.417. The van der Waals surface area contributed by atoms with E-state index in [9.17, 15) is 18.0 Å². The summed E-state index contributed by atoms with van der Waals surface area (Å²) in [5.41, 5.74) is -0.145. The molecule has 1 amide bonds. The van der Waals surface area contributed by atoms with Crippen LogP contribution < -0.4 is 4.90 Å². The Morgan fingerprint density at radius 3 is 2.24 bits per heavy atom. The van der Waals surface area contributed by atoms with Crippen LogP contribution in [-0.4, -0.2) is 12.5 Å². The summed E-state index contributed by atoms with van der Waals surface area (Å²) < 4.78 is 37.1. The highest BCUT2D eigenvalue weighted by Gasteiger charge is 2.30. The van der Waals surface area contributed by atoms with Crippen LogP contribution >= 0.6 is 0 Å². The van der Waals surface area contributed by atoms with Crippen molar-refractivity contribution in [3.05, 3.63) is 29.8 Å². The zero-order valence-electron chi connectivity index (χ0n) is 9.13. The van der Waals surface area contributed by atoms with Gasteiger partial charge in [0.25, 0.3) is 0 Å². The lowest BCUT2D eigenvalue weighted by Crippen LogP contribution is -2.35. The second-order valence-electron chi connectivity index (χ2n) is 4.05. The summed E-state index contributed by atoms with van der Waals surface area (Å²) in [6.45, 7) is 0.587. The van der Waals surface area contributed by atoms with Gasteiger partial charge in [0, 0.05) is 18.7 Å². The number of carbonyl (C=O) groups excluding carboxylic acids is 1. The largest absolute Gasteiger partial charge is 0.416 e. The third kappa shape index (κ3) is 2.60. The first kappa shape index (κ1) is 12.0. The normalized spacial score (nSPS) is 17.4. The molecule has 0 atom stereocenters. The molecule has 92 valence electrons. The summed E-state index contributed by atoms with van der Waals surface area (Å²) in [6, 6.07) is 4.73. The van der Waals surface area contributed by atoms with Crippen molar-refractivity contribution in [3.63, 3.8) is 0 Å². The summed E-state index contributed by atoms with van der Waals surface area (Å²) in [4.78, 5) is 13.1. The number of nitrogens with zero attached hydrogens (tertiary/aromatic N) is 1. The van der Waals surface area contributed by atoms with Gasteiger partial charge in [0.2, 0.25) is 5.91 Å². The van der Waals surface area contributed by atoms with Gasteiger partial charge in [-0.05, 0) is 37.1 Å². The number of alkyl halides is 3. The number of piperidine rings is 1. The highest BCUT2D eigenvalue weighted by Crippen LogP contribution is 2.31. The number of anilines is 1. The lowest BCUT2D eigenvalue weighted by molar-refractivity contribution is -0.137. The lowest BCUT2D eigenvalue weighted by atomic mass is 10.1. The van der Waals surface area contributed by atoms with E-state index < -0.39 is 11.7 Å². The van der Waals surface area contributed by atoms with Gasteiger partial charge < -0.3 is 4.90 Å². The van der Waals surface area contributed by atoms with Crippen molar-refractivity contribution in [2.24, 2.45) is 0 Å². The average Bonchev–Trinajstić information content (AvgIpc) is 2.29. The molecular weight excluding hydrogens is 231 g/mol.